The van der Waals surface area contributed by atoms with Crippen LogP contribution in [0.4, 0.5) is 5.69 Å². The van der Waals surface area contributed by atoms with Gasteiger partial charge >= 0.3 is 5.69 Å². The van der Waals surface area contributed by atoms with Crippen LogP contribution >= 0.6 is 11.8 Å². The van der Waals surface area contributed by atoms with Crippen molar-refractivity contribution in [3.63, 3.8) is 0 Å². The van der Waals surface area contributed by atoms with Gasteiger partial charge in [0, 0.05) is 11.6 Å². The Hall–Kier alpha value is -3.73. The summed E-state index contributed by atoms with van der Waals surface area (Å²) in [5.74, 6) is 0.192. The zero-order valence-corrected chi connectivity index (χ0v) is 18.8. The summed E-state index contributed by atoms with van der Waals surface area (Å²) in [7, 11) is 1.40. The van der Waals surface area contributed by atoms with E-state index in [1.165, 1.54) is 38.1 Å². The van der Waals surface area contributed by atoms with Crippen LogP contribution in [0.1, 0.15) is 22.4 Å². The van der Waals surface area contributed by atoms with Gasteiger partial charge in [-0.3, -0.25) is 14.9 Å². The molecule has 3 aromatic rings. The maximum atomic E-state index is 12.3. The summed E-state index contributed by atoms with van der Waals surface area (Å²) >= 11 is 1.20. The second kappa shape index (κ2) is 10.1. The summed E-state index contributed by atoms with van der Waals surface area (Å²) in [6, 6.07) is 10.5. The Kier molecular flexibility index (Phi) is 7.21. The van der Waals surface area contributed by atoms with Crippen LogP contribution in [0.2, 0.25) is 0 Å². The molecule has 0 aliphatic heterocycles. The highest BCUT2D eigenvalue weighted by atomic mass is 32.2. The first-order valence-electron chi connectivity index (χ1n) is 9.44. The minimum Gasteiger partial charge on any atom is -0.493 e. The zero-order valence-electron chi connectivity index (χ0n) is 17.9. The molecular weight excluding hydrogens is 434 g/mol. The number of aryl methyl sites for hydroxylation is 2. The molecule has 2 aromatic carbocycles. The highest BCUT2D eigenvalue weighted by molar-refractivity contribution is 7.98. The Morgan fingerprint density at radius 1 is 1.25 bits per heavy atom. The van der Waals surface area contributed by atoms with E-state index < -0.39 is 10.5 Å². The third-order valence-electron chi connectivity index (χ3n) is 4.58. The van der Waals surface area contributed by atoms with Gasteiger partial charge in [0.15, 0.2) is 5.75 Å². The Balaban J connectivity index is 2.00. The van der Waals surface area contributed by atoms with Gasteiger partial charge < -0.3 is 9.47 Å². The lowest BCUT2D eigenvalue weighted by Crippen LogP contribution is -2.23. The van der Waals surface area contributed by atoms with Crippen molar-refractivity contribution in [2.24, 2.45) is 5.10 Å². The third kappa shape index (κ3) is 4.94. The number of thioether (sulfide) groups is 1. The van der Waals surface area contributed by atoms with Crippen molar-refractivity contribution >= 4 is 23.7 Å². The van der Waals surface area contributed by atoms with E-state index in [4.69, 9.17) is 9.47 Å². The van der Waals surface area contributed by atoms with E-state index >= 15 is 0 Å². The molecule has 0 spiro atoms. The molecule has 0 amide bonds. The van der Waals surface area contributed by atoms with E-state index in [0.29, 0.717) is 5.56 Å². The first kappa shape index (κ1) is 22.9. The predicted octanol–water partition coefficient (Wildman–Crippen LogP) is 3.36. The molecule has 0 bridgehead atoms. The second-order valence-corrected chi connectivity index (χ2v) is 7.45. The van der Waals surface area contributed by atoms with Gasteiger partial charge in [-0.1, -0.05) is 36.0 Å². The molecule has 3 rings (SSSR count). The average molecular weight is 455 g/mol. The molecule has 11 heteroatoms. The molecule has 0 atom stereocenters. The second-order valence-electron chi connectivity index (χ2n) is 6.68. The summed E-state index contributed by atoms with van der Waals surface area (Å²) in [4.78, 5) is 23.5. The lowest BCUT2D eigenvalue weighted by molar-refractivity contribution is -0.386. The number of ether oxygens (including phenoxy) is 2. The number of hydrogen-bond acceptors (Lipinski definition) is 9. The highest BCUT2D eigenvalue weighted by Gasteiger charge is 2.22. The third-order valence-corrected chi connectivity index (χ3v) is 5.20. The molecule has 0 saturated carbocycles. The van der Waals surface area contributed by atoms with Crippen molar-refractivity contribution in [2.75, 3.05) is 13.4 Å². The van der Waals surface area contributed by atoms with E-state index in [1.807, 2.05) is 31.2 Å². The van der Waals surface area contributed by atoms with Crippen molar-refractivity contribution in [1.29, 1.82) is 0 Å². The summed E-state index contributed by atoms with van der Waals surface area (Å²) < 4.78 is 12.2. The zero-order chi connectivity index (χ0) is 23.3. The quantitative estimate of drug-likeness (QED) is 0.219. The van der Waals surface area contributed by atoms with Gasteiger partial charge in [-0.15, -0.1) is 10.2 Å². The fourth-order valence-electron chi connectivity index (χ4n) is 2.83. The molecule has 1 heterocycles. The van der Waals surface area contributed by atoms with E-state index in [9.17, 15) is 14.9 Å². The van der Waals surface area contributed by atoms with Gasteiger partial charge in [0.05, 0.1) is 18.2 Å². The van der Waals surface area contributed by atoms with E-state index in [-0.39, 0.29) is 34.6 Å². The van der Waals surface area contributed by atoms with Crippen molar-refractivity contribution < 1.29 is 14.4 Å². The van der Waals surface area contributed by atoms with Crippen LogP contribution < -0.4 is 15.0 Å². The number of nitro groups is 1. The van der Waals surface area contributed by atoms with Crippen molar-refractivity contribution in [3.8, 4) is 11.5 Å². The number of aromatic nitrogens is 3. The highest BCUT2D eigenvalue weighted by Crippen LogP contribution is 2.38. The lowest BCUT2D eigenvalue weighted by Gasteiger charge is -2.13. The average Bonchev–Trinajstić information content (AvgIpc) is 2.79. The van der Waals surface area contributed by atoms with Gasteiger partial charge in [0.25, 0.3) is 5.56 Å². The van der Waals surface area contributed by atoms with Crippen LogP contribution in [-0.2, 0) is 6.61 Å². The van der Waals surface area contributed by atoms with E-state index in [1.54, 1.807) is 12.3 Å². The first-order valence-corrected chi connectivity index (χ1v) is 10.7. The topological polar surface area (TPSA) is 122 Å². The number of rotatable bonds is 8. The van der Waals surface area contributed by atoms with E-state index in [2.05, 4.69) is 15.3 Å². The number of nitro benzene ring substituents is 1. The molecular formula is C21H21N5O5S. The van der Waals surface area contributed by atoms with E-state index in [0.717, 1.165) is 15.8 Å². The number of hydrogen-bond donors (Lipinski definition) is 0. The summed E-state index contributed by atoms with van der Waals surface area (Å²) in [5.41, 5.74) is 1.74. The van der Waals surface area contributed by atoms with Crippen LogP contribution in [0.15, 0.2) is 51.5 Å². The van der Waals surface area contributed by atoms with Crippen LogP contribution in [0, 0.1) is 24.0 Å². The minimum atomic E-state index is -0.551. The monoisotopic (exact) mass is 455 g/mol. The van der Waals surface area contributed by atoms with Gasteiger partial charge in [0.2, 0.25) is 10.9 Å². The van der Waals surface area contributed by atoms with Crippen LogP contribution in [0.3, 0.4) is 0 Å². The van der Waals surface area contributed by atoms with Gasteiger partial charge in [-0.25, -0.2) is 0 Å². The largest absolute Gasteiger partial charge is 0.493 e. The number of methoxy groups -OCH3 is 1. The van der Waals surface area contributed by atoms with Crippen LogP contribution in [-0.4, -0.2) is 39.4 Å². The molecule has 10 nitrogen and oxygen atoms in total. The van der Waals surface area contributed by atoms with Gasteiger partial charge in [0.1, 0.15) is 12.3 Å². The normalized spacial score (nSPS) is 11.0. The summed E-state index contributed by atoms with van der Waals surface area (Å²) in [5, 5.41) is 23.9. The molecule has 166 valence electrons. The standard InChI is InChI=1S/C21H21N5O5S/c1-13-7-5-6-8-16(13)12-31-19-17(26(28)29)9-15(10-18(19)30-3)11-22-25-20(27)14(2)23-24-21(25)32-4/h5-11H,12H2,1-4H3/b22-11-. The lowest BCUT2D eigenvalue weighted by atomic mass is 10.1. The molecule has 0 radical (unpaired) electrons. The molecule has 0 unspecified atom stereocenters. The van der Waals surface area contributed by atoms with Gasteiger partial charge in [-0.05, 0) is 37.3 Å². The maximum Gasteiger partial charge on any atom is 0.315 e. The molecule has 32 heavy (non-hydrogen) atoms. The Labute approximate surface area is 188 Å². The first-order chi connectivity index (χ1) is 15.3. The smallest absolute Gasteiger partial charge is 0.315 e. The predicted molar refractivity (Wildman–Crippen MR) is 121 cm³/mol. The Morgan fingerprint density at radius 3 is 2.66 bits per heavy atom. The van der Waals surface area contributed by atoms with Gasteiger partial charge in [-0.2, -0.15) is 9.78 Å². The number of benzene rings is 2. The fraction of sp³-hybridized carbons (Fsp3) is 0.238. The molecule has 0 aliphatic rings. The molecule has 1 aromatic heterocycles. The van der Waals surface area contributed by atoms with Crippen molar-refractivity contribution in [1.82, 2.24) is 14.9 Å². The van der Waals surface area contributed by atoms with Crippen LogP contribution in [0.25, 0.3) is 0 Å². The fourth-order valence-corrected chi connectivity index (χ4v) is 3.26. The summed E-state index contributed by atoms with van der Waals surface area (Å²) in [6.07, 6.45) is 3.06. The van der Waals surface area contributed by atoms with Crippen molar-refractivity contribution in [3.05, 3.63) is 79.3 Å². The molecule has 0 saturated heterocycles. The Bertz CT molecular complexity index is 1240. The SMILES string of the molecule is COc1cc(/C=N\n2c(SC)nnc(C)c2=O)cc([N+](=O)[O-])c1OCc1ccccc1C. The molecule has 0 aliphatic carbocycles. The minimum absolute atomic E-state index is 0.0151. The number of nitrogens with zero attached hydrogens (tertiary/aromatic N) is 5. The summed E-state index contributed by atoms with van der Waals surface area (Å²) in [6.45, 7) is 3.61. The maximum absolute atomic E-state index is 12.3. The van der Waals surface area contributed by atoms with Crippen molar-refractivity contribution in [2.45, 2.75) is 25.6 Å². The van der Waals surface area contributed by atoms with Crippen LogP contribution in [0.5, 0.6) is 11.5 Å². The Morgan fingerprint density at radius 2 is 2.00 bits per heavy atom. The molecule has 0 N–H and O–H groups in total. The molecule has 0 fully saturated rings.